The Hall–Kier alpha value is -1.07. The second kappa shape index (κ2) is 3.36. The van der Waals surface area contributed by atoms with Crippen LogP contribution in [0, 0.1) is 17.8 Å². The highest BCUT2D eigenvalue weighted by Gasteiger charge is 2.21. The molecule has 2 nitrogen and oxygen atoms in total. The molecule has 1 N–H and O–H groups in total. The Morgan fingerprint density at radius 3 is 3.00 bits per heavy atom. The van der Waals surface area contributed by atoms with Gasteiger partial charge in [-0.1, -0.05) is 12.0 Å². The third-order valence-electron chi connectivity index (χ3n) is 1.66. The summed E-state index contributed by atoms with van der Waals surface area (Å²) in [5.74, 6) is 5.21. The average Bonchev–Trinajstić information content (AvgIpc) is 2.36. The molecular formula is C9H10O2. The Kier molecular flexibility index (Phi) is 2.45. The van der Waals surface area contributed by atoms with Crippen LogP contribution in [0.4, 0.5) is 0 Å². The van der Waals surface area contributed by atoms with Gasteiger partial charge >= 0.3 is 0 Å². The predicted molar refractivity (Wildman–Crippen MR) is 41.7 cm³/mol. The summed E-state index contributed by atoms with van der Waals surface area (Å²) in [6.07, 6.45) is 2.95. The number of ketones is 1. The molecule has 0 saturated heterocycles. The van der Waals surface area contributed by atoms with Crippen molar-refractivity contribution >= 4 is 5.78 Å². The van der Waals surface area contributed by atoms with Crippen molar-refractivity contribution in [3.05, 3.63) is 12.2 Å². The maximum absolute atomic E-state index is 10.7. The number of rotatable bonds is 1. The first kappa shape index (κ1) is 8.03. The molecule has 2 atom stereocenters. The fraction of sp³-hybridized carbons (Fsp3) is 0.444. The molecule has 2 heteroatoms. The first-order chi connectivity index (χ1) is 5.24. The molecule has 0 fully saturated rings. The maximum atomic E-state index is 10.7. The molecule has 0 saturated carbocycles. The monoisotopic (exact) mass is 150 g/mol. The summed E-state index contributed by atoms with van der Waals surface area (Å²) < 4.78 is 0. The van der Waals surface area contributed by atoms with E-state index in [1.54, 1.807) is 13.0 Å². The number of carbonyl (C=O) groups is 1. The van der Waals surface area contributed by atoms with Gasteiger partial charge in [-0.25, -0.2) is 0 Å². The zero-order chi connectivity index (χ0) is 8.27. The van der Waals surface area contributed by atoms with Crippen molar-refractivity contribution in [2.45, 2.75) is 19.4 Å². The third kappa shape index (κ3) is 1.92. The number of hydrogen-bond donors (Lipinski definition) is 1. The highest BCUT2D eigenvalue weighted by Crippen LogP contribution is 2.17. The van der Waals surface area contributed by atoms with Crippen molar-refractivity contribution in [3.8, 4) is 11.8 Å². The molecule has 1 unspecified atom stereocenters. The summed E-state index contributed by atoms with van der Waals surface area (Å²) in [5, 5.41) is 9.29. The molecule has 11 heavy (non-hydrogen) atoms. The lowest BCUT2D eigenvalue weighted by Crippen LogP contribution is -2.15. The van der Waals surface area contributed by atoms with Gasteiger partial charge in [0.1, 0.15) is 6.10 Å². The quantitative estimate of drug-likeness (QED) is 0.553. The normalized spacial score (nSPS) is 24.5. The predicted octanol–water partition coefficient (Wildman–Crippen LogP) is 0.516. The van der Waals surface area contributed by atoms with Gasteiger partial charge in [0.25, 0.3) is 0 Å². The minimum absolute atomic E-state index is 0.0759. The van der Waals surface area contributed by atoms with Crippen LogP contribution in [0.3, 0.4) is 0 Å². The Bertz CT molecular complexity index is 242. The van der Waals surface area contributed by atoms with E-state index < -0.39 is 6.10 Å². The molecular weight excluding hydrogens is 140 g/mol. The van der Waals surface area contributed by atoms with Crippen molar-refractivity contribution in [3.63, 3.8) is 0 Å². The van der Waals surface area contributed by atoms with E-state index in [9.17, 15) is 9.90 Å². The number of allylic oxidation sites excluding steroid dienone is 1. The molecule has 0 heterocycles. The standard InChI is InChI=1S/C9H10O2/c1-2-3-9(11)7-4-5-8(10)6-7/h4-5,7,9,11H,6H2,1H3/t7-,9?/m1/s1. The summed E-state index contributed by atoms with van der Waals surface area (Å²) >= 11 is 0. The van der Waals surface area contributed by atoms with Gasteiger partial charge in [-0.3, -0.25) is 4.79 Å². The third-order valence-corrected chi connectivity index (χ3v) is 1.66. The van der Waals surface area contributed by atoms with E-state index in [4.69, 9.17) is 0 Å². The first-order valence-electron chi connectivity index (χ1n) is 3.55. The minimum Gasteiger partial charge on any atom is -0.380 e. The summed E-state index contributed by atoms with van der Waals surface area (Å²) in [4.78, 5) is 10.7. The van der Waals surface area contributed by atoms with Crippen molar-refractivity contribution in [1.29, 1.82) is 0 Å². The lowest BCUT2D eigenvalue weighted by molar-refractivity contribution is -0.114. The molecule has 0 spiro atoms. The van der Waals surface area contributed by atoms with E-state index in [0.29, 0.717) is 6.42 Å². The van der Waals surface area contributed by atoms with E-state index >= 15 is 0 Å². The molecule has 1 rings (SSSR count). The molecule has 0 aromatic rings. The SMILES string of the molecule is CC#CC(O)[C@@H]1C=CC(=O)C1. The molecule has 58 valence electrons. The zero-order valence-electron chi connectivity index (χ0n) is 6.37. The highest BCUT2D eigenvalue weighted by molar-refractivity contribution is 5.92. The maximum Gasteiger partial charge on any atom is 0.156 e. The van der Waals surface area contributed by atoms with Crippen LogP contribution in [0.1, 0.15) is 13.3 Å². The van der Waals surface area contributed by atoms with Gasteiger partial charge < -0.3 is 5.11 Å². The summed E-state index contributed by atoms with van der Waals surface area (Å²) in [6.45, 7) is 1.67. The molecule has 0 aromatic carbocycles. The van der Waals surface area contributed by atoms with Crippen molar-refractivity contribution < 1.29 is 9.90 Å². The smallest absolute Gasteiger partial charge is 0.156 e. The second-order valence-electron chi connectivity index (χ2n) is 2.53. The molecule has 1 aliphatic rings. The van der Waals surface area contributed by atoms with Crippen molar-refractivity contribution in [1.82, 2.24) is 0 Å². The van der Waals surface area contributed by atoms with Gasteiger partial charge in [0.2, 0.25) is 0 Å². The van der Waals surface area contributed by atoms with Crippen LogP contribution in [0.25, 0.3) is 0 Å². The lowest BCUT2D eigenvalue weighted by Gasteiger charge is -2.07. The molecule has 0 amide bonds. The van der Waals surface area contributed by atoms with Gasteiger partial charge in [-0.15, -0.1) is 5.92 Å². The number of hydrogen-bond acceptors (Lipinski definition) is 2. The van der Waals surface area contributed by atoms with Gasteiger partial charge in [-0.2, -0.15) is 0 Å². The van der Waals surface area contributed by atoms with Crippen LogP contribution in [0.15, 0.2) is 12.2 Å². The Morgan fingerprint density at radius 1 is 1.82 bits per heavy atom. The van der Waals surface area contributed by atoms with Crippen LogP contribution in [-0.4, -0.2) is 17.0 Å². The minimum atomic E-state index is -0.678. The summed E-state index contributed by atoms with van der Waals surface area (Å²) in [7, 11) is 0. The molecule has 0 aliphatic heterocycles. The topological polar surface area (TPSA) is 37.3 Å². The van der Waals surface area contributed by atoms with Crippen molar-refractivity contribution in [2.24, 2.45) is 5.92 Å². The number of aliphatic hydroxyl groups is 1. The van der Waals surface area contributed by atoms with E-state index in [1.165, 1.54) is 6.08 Å². The average molecular weight is 150 g/mol. The van der Waals surface area contributed by atoms with E-state index in [1.807, 2.05) is 0 Å². The lowest BCUT2D eigenvalue weighted by atomic mass is 10.0. The molecule has 0 aromatic heterocycles. The number of aliphatic hydroxyl groups excluding tert-OH is 1. The molecule has 1 aliphatic carbocycles. The summed E-state index contributed by atoms with van der Waals surface area (Å²) in [5.41, 5.74) is 0. The van der Waals surface area contributed by atoms with Crippen molar-refractivity contribution in [2.75, 3.05) is 0 Å². The molecule has 0 bridgehead atoms. The van der Waals surface area contributed by atoms with E-state index in [-0.39, 0.29) is 11.7 Å². The molecule has 0 radical (unpaired) electrons. The Balaban J connectivity index is 2.55. The summed E-state index contributed by atoms with van der Waals surface area (Å²) in [6, 6.07) is 0. The van der Waals surface area contributed by atoms with Crippen LogP contribution < -0.4 is 0 Å². The zero-order valence-corrected chi connectivity index (χ0v) is 6.37. The number of carbonyl (C=O) groups excluding carboxylic acids is 1. The Labute approximate surface area is 65.9 Å². The van der Waals surface area contributed by atoms with E-state index in [0.717, 1.165) is 0 Å². The highest BCUT2D eigenvalue weighted by atomic mass is 16.3. The van der Waals surface area contributed by atoms with Crippen LogP contribution in [-0.2, 0) is 4.79 Å². The van der Waals surface area contributed by atoms with Gasteiger partial charge in [0.05, 0.1) is 0 Å². The van der Waals surface area contributed by atoms with Gasteiger partial charge in [0.15, 0.2) is 5.78 Å². The first-order valence-corrected chi connectivity index (χ1v) is 3.55. The van der Waals surface area contributed by atoms with Gasteiger partial charge in [0, 0.05) is 12.3 Å². The van der Waals surface area contributed by atoms with Crippen LogP contribution >= 0.6 is 0 Å². The van der Waals surface area contributed by atoms with Crippen LogP contribution in [0.2, 0.25) is 0 Å². The van der Waals surface area contributed by atoms with Crippen LogP contribution in [0.5, 0.6) is 0 Å². The van der Waals surface area contributed by atoms with Gasteiger partial charge in [-0.05, 0) is 13.0 Å². The fourth-order valence-electron chi connectivity index (χ4n) is 1.07. The van der Waals surface area contributed by atoms with E-state index in [2.05, 4.69) is 11.8 Å². The fourth-order valence-corrected chi connectivity index (χ4v) is 1.07. The largest absolute Gasteiger partial charge is 0.380 e. The second-order valence-corrected chi connectivity index (χ2v) is 2.53. The Morgan fingerprint density at radius 2 is 2.55 bits per heavy atom.